The van der Waals surface area contributed by atoms with Crippen molar-refractivity contribution < 1.29 is 9.53 Å². The second-order valence-electron chi connectivity index (χ2n) is 2.91. The molecule has 1 atom stereocenters. The molecule has 1 aromatic heterocycles. The fourth-order valence-electron chi connectivity index (χ4n) is 1.56. The number of esters is 1. The summed E-state index contributed by atoms with van der Waals surface area (Å²) >= 11 is 5.16. The summed E-state index contributed by atoms with van der Waals surface area (Å²) in [6.45, 7) is 0. The Balaban J connectivity index is 2.39. The van der Waals surface area contributed by atoms with Crippen LogP contribution in [0, 0.1) is 3.82 Å². The van der Waals surface area contributed by atoms with E-state index in [0.717, 1.165) is 21.5 Å². The first-order valence-electron chi connectivity index (χ1n) is 3.93. The third-order valence-electron chi connectivity index (χ3n) is 2.24. The molecule has 0 fully saturated rings. The van der Waals surface area contributed by atoms with Gasteiger partial charge in [0.1, 0.15) is 3.82 Å². The van der Waals surface area contributed by atoms with E-state index in [2.05, 4.69) is 0 Å². The number of hydrogen-bond acceptors (Lipinski definition) is 5. The third-order valence-corrected chi connectivity index (χ3v) is 5.53. The van der Waals surface area contributed by atoms with E-state index in [4.69, 9.17) is 17.0 Å². The van der Waals surface area contributed by atoms with Gasteiger partial charge in [0, 0.05) is 4.88 Å². The van der Waals surface area contributed by atoms with Gasteiger partial charge in [-0.3, -0.25) is 4.79 Å². The van der Waals surface area contributed by atoms with E-state index in [9.17, 15) is 4.79 Å². The summed E-state index contributed by atoms with van der Waals surface area (Å²) in [5.74, 6) is -0.166. The van der Waals surface area contributed by atoms with E-state index in [1.165, 1.54) is 12.7 Å². The molecule has 5 heteroatoms. The minimum Gasteiger partial charge on any atom is -0.469 e. The number of carbonyl (C=O) groups excluding carboxylic acids is 1. The summed E-state index contributed by atoms with van der Waals surface area (Å²) in [4.78, 5) is 12.5. The van der Waals surface area contributed by atoms with Gasteiger partial charge in [-0.15, -0.1) is 0 Å². The Morgan fingerprint density at radius 1 is 1.62 bits per heavy atom. The second-order valence-corrected chi connectivity index (χ2v) is 5.76. The van der Waals surface area contributed by atoms with Gasteiger partial charge in [0.05, 0.1) is 13.0 Å². The highest BCUT2D eigenvalue weighted by atomic mass is 32.9. The van der Waals surface area contributed by atoms with E-state index in [1.54, 1.807) is 20.7 Å². The summed E-state index contributed by atoms with van der Waals surface area (Å²) in [5.41, 5.74) is 1.21. The largest absolute Gasteiger partial charge is 0.469 e. The molecule has 1 aliphatic rings. The molecule has 2 nitrogen and oxygen atoms in total. The number of carbonyl (C=O) groups is 1. The molecule has 0 aromatic carbocycles. The molecule has 0 radical (unpaired) electrons. The van der Waals surface area contributed by atoms with Crippen molar-refractivity contribution in [3.05, 3.63) is 14.3 Å². The van der Waals surface area contributed by atoms with E-state index >= 15 is 0 Å². The van der Waals surface area contributed by atoms with Crippen LogP contribution in [0.5, 0.6) is 0 Å². The fraction of sp³-hybridized carbons (Fsp3) is 0.500. The van der Waals surface area contributed by atoms with Gasteiger partial charge in [-0.25, -0.2) is 0 Å². The molecule has 0 saturated heterocycles. The molecule has 0 spiro atoms. The molecule has 70 valence electrons. The number of fused-ring (bicyclic) bond motifs is 1. The van der Waals surface area contributed by atoms with Crippen LogP contribution >= 0.6 is 32.9 Å². The van der Waals surface area contributed by atoms with Crippen LogP contribution in [0.1, 0.15) is 22.8 Å². The van der Waals surface area contributed by atoms with Crippen molar-refractivity contribution in [2.75, 3.05) is 7.11 Å². The predicted octanol–water partition coefficient (Wildman–Crippen LogP) is 2.74. The van der Waals surface area contributed by atoms with Crippen molar-refractivity contribution >= 4 is 38.9 Å². The first-order valence-corrected chi connectivity index (χ1v) is 6.49. The fourth-order valence-corrected chi connectivity index (χ4v) is 4.77. The number of ether oxygens (including phenoxy) is 1. The summed E-state index contributed by atoms with van der Waals surface area (Å²) in [5, 5.41) is 0. The van der Waals surface area contributed by atoms with Crippen LogP contribution in [0.15, 0.2) is 0 Å². The molecular weight excluding hydrogens is 224 g/mol. The maximum atomic E-state index is 11.3. The van der Waals surface area contributed by atoms with Crippen molar-refractivity contribution in [3.8, 4) is 0 Å². The maximum Gasteiger partial charge on any atom is 0.314 e. The highest BCUT2D eigenvalue weighted by Gasteiger charge is 2.31. The van der Waals surface area contributed by atoms with Gasteiger partial charge in [-0.2, -0.15) is 0 Å². The monoisotopic (exact) mass is 232 g/mol. The second kappa shape index (κ2) is 3.48. The van der Waals surface area contributed by atoms with Crippen LogP contribution < -0.4 is 0 Å². The Hall–Kier alpha value is -0.260. The molecule has 0 bridgehead atoms. The predicted molar refractivity (Wildman–Crippen MR) is 56.1 cm³/mol. The van der Waals surface area contributed by atoms with Gasteiger partial charge in [0.2, 0.25) is 0 Å². The molecule has 1 aliphatic carbocycles. The Morgan fingerprint density at radius 3 is 3.08 bits per heavy atom. The lowest BCUT2D eigenvalue weighted by atomic mass is 10.1. The van der Waals surface area contributed by atoms with E-state index in [-0.39, 0.29) is 11.9 Å². The average molecular weight is 232 g/mol. The molecular formula is C8H8O2S3. The normalized spacial score (nSPS) is 19.9. The molecule has 13 heavy (non-hydrogen) atoms. The summed E-state index contributed by atoms with van der Waals surface area (Å²) < 4.78 is 5.69. The standard InChI is InChI=1S/C8H8O2S3/c1-10-7(9)4-2-3-5-6(4)12-13-8(5)11/h4H,2-3H2,1H3. The zero-order valence-electron chi connectivity index (χ0n) is 7.03. The van der Waals surface area contributed by atoms with E-state index in [1.807, 2.05) is 0 Å². The quantitative estimate of drug-likeness (QED) is 0.423. The van der Waals surface area contributed by atoms with Crippen LogP contribution in [0.3, 0.4) is 0 Å². The lowest BCUT2D eigenvalue weighted by Gasteiger charge is -2.04. The summed E-state index contributed by atoms with van der Waals surface area (Å²) in [7, 11) is 4.65. The Morgan fingerprint density at radius 2 is 2.38 bits per heavy atom. The first kappa shape index (κ1) is 9.30. The van der Waals surface area contributed by atoms with Crippen LogP contribution in [-0.2, 0) is 16.0 Å². The summed E-state index contributed by atoms with van der Waals surface area (Å²) in [6.07, 6.45) is 1.80. The van der Waals surface area contributed by atoms with Crippen LogP contribution in [0.25, 0.3) is 0 Å². The van der Waals surface area contributed by atoms with Gasteiger partial charge in [-0.1, -0.05) is 32.9 Å². The molecule has 0 aliphatic heterocycles. The number of rotatable bonds is 1. The van der Waals surface area contributed by atoms with Crippen LogP contribution in [-0.4, -0.2) is 13.1 Å². The number of hydrogen-bond donors (Lipinski definition) is 0. The number of methoxy groups -OCH3 is 1. The zero-order valence-corrected chi connectivity index (χ0v) is 9.48. The molecule has 1 unspecified atom stereocenters. The third kappa shape index (κ3) is 1.45. The van der Waals surface area contributed by atoms with E-state index in [0.29, 0.717) is 0 Å². The smallest absolute Gasteiger partial charge is 0.314 e. The average Bonchev–Trinajstić information content (AvgIpc) is 2.68. The van der Waals surface area contributed by atoms with Crippen molar-refractivity contribution in [2.24, 2.45) is 0 Å². The lowest BCUT2D eigenvalue weighted by molar-refractivity contribution is -0.142. The van der Waals surface area contributed by atoms with Crippen molar-refractivity contribution in [2.45, 2.75) is 18.8 Å². The highest BCUT2D eigenvalue weighted by Crippen LogP contribution is 2.41. The van der Waals surface area contributed by atoms with Crippen molar-refractivity contribution in [1.82, 2.24) is 0 Å². The highest BCUT2D eigenvalue weighted by molar-refractivity contribution is 7.79. The van der Waals surface area contributed by atoms with Crippen LogP contribution in [0.4, 0.5) is 0 Å². The Labute approximate surface area is 88.6 Å². The molecule has 0 amide bonds. The van der Waals surface area contributed by atoms with Crippen LogP contribution in [0.2, 0.25) is 0 Å². The van der Waals surface area contributed by atoms with Crippen molar-refractivity contribution in [1.29, 1.82) is 0 Å². The lowest BCUT2D eigenvalue weighted by Crippen LogP contribution is -2.10. The minimum absolute atomic E-state index is 0.0436. The summed E-state index contributed by atoms with van der Waals surface area (Å²) in [6, 6.07) is 0. The van der Waals surface area contributed by atoms with Gasteiger partial charge >= 0.3 is 5.97 Å². The zero-order chi connectivity index (χ0) is 9.42. The molecule has 2 rings (SSSR count). The molecule has 1 aromatic rings. The maximum absolute atomic E-state index is 11.3. The first-order chi connectivity index (χ1) is 6.24. The van der Waals surface area contributed by atoms with E-state index < -0.39 is 0 Å². The van der Waals surface area contributed by atoms with Gasteiger partial charge in [0.25, 0.3) is 0 Å². The SMILES string of the molecule is COC(=O)C1CCc2c1ssc2=S. The van der Waals surface area contributed by atoms with Gasteiger partial charge in [0.15, 0.2) is 0 Å². The molecule has 0 N–H and O–H groups in total. The molecule has 1 heterocycles. The Kier molecular flexibility index (Phi) is 2.49. The van der Waals surface area contributed by atoms with Gasteiger partial charge < -0.3 is 4.74 Å². The minimum atomic E-state index is -0.122. The van der Waals surface area contributed by atoms with Crippen molar-refractivity contribution in [3.63, 3.8) is 0 Å². The Bertz CT molecular complexity index is 390. The molecule has 0 saturated carbocycles. The van der Waals surface area contributed by atoms with Gasteiger partial charge in [-0.05, 0) is 18.4 Å². The topological polar surface area (TPSA) is 26.3 Å².